The lowest BCUT2D eigenvalue weighted by atomic mass is 9.98. The van der Waals surface area contributed by atoms with Crippen molar-refractivity contribution in [2.24, 2.45) is 0 Å². The molecule has 0 fully saturated rings. The van der Waals surface area contributed by atoms with Crippen LogP contribution in [-0.4, -0.2) is 9.13 Å². The van der Waals surface area contributed by atoms with Gasteiger partial charge in [0.25, 0.3) is 0 Å². The summed E-state index contributed by atoms with van der Waals surface area (Å²) in [5.41, 5.74) is 14.4. The SMILES string of the molecule is c1ccc(-c2cccc(-c3ccccc3-n3c4ccccc4c4ccc(-c5ccc6c7ccccc7n(-c7ccccc7)c6c5)cc43)c2)cc1. The fourth-order valence-corrected chi connectivity index (χ4v) is 7.82. The first-order valence-electron chi connectivity index (χ1n) is 17.2. The Morgan fingerprint density at radius 3 is 1.44 bits per heavy atom. The Hall–Kier alpha value is -6.64. The smallest absolute Gasteiger partial charge is 0.0547 e. The summed E-state index contributed by atoms with van der Waals surface area (Å²) in [6, 6.07) is 70.4. The Kier molecular flexibility index (Phi) is 6.53. The first-order valence-corrected chi connectivity index (χ1v) is 17.2. The molecule has 10 aromatic rings. The first-order chi connectivity index (χ1) is 24.8. The van der Waals surface area contributed by atoms with Crippen LogP contribution in [0.15, 0.2) is 194 Å². The maximum Gasteiger partial charge on any atom is 0.0547 e. The molecule has 2 heterocycles. The fourth-order valence-electron chi connectivity index (χ4n) is 7.82. The summed E-state index contributed by atoms with van der Waals surface area (Å²) in [7, 11) is 0. The van der Waals surface area contributed by atoms with E-state index in [4.69, 9.17) is 0 Å². The number of para-hydroxylation sites is 4. The van der Waals surface area contributed by atoms with E-state index in [1.54, 1.807) is 0 Å². The van der Waals surface area contributed by atoms with E-state index in [0.717, 1.165) is 0 Å². The van der Waals surface area contributed by atoms with Gasteiger partial charge in [-0.25, -0.2) is 0 Å². The molecular weight excluding hydrogens is 605 g/mol. The minimum atomic E-state index is 1.17. The molecule has 0 amide bonds. The Labute approximate surface area is 290 Å². The van der Waals surface area contributed by atoms with Crippen LogP contribution in [0.2, 0.25) is 0 Å². The van der Waals surface area contributed by atoms with Gasteiger partial charge in [-0.15, -0.1) is 0 Å². The molecule has 0 unspecified atom stereocenters. The predicted molar refractivity (Wildman–Crippen MR) is 211 cm³/mol. The van der Waals surface area contributed by atoms with E-state index in [1.807, 2.05) is 0 Å². The van der Waals surface area contributed by atoms with Crippen LogP contribution in [-0.2, 0) is 0 Å². The lowest BCUT2D eigenvalue weighted by molar-refractivity contribution is 1.18. The van der Waals surface area contributed by atoms with E-state index in [9.17, 15) is 0 Å². The third kappa shape index (κ3) is 4.50. The van der Waals surface area contributed by atoms with Gasteiger partial charge in [-0.2, -0.15) is 0 Å². The molecule has 0 bridgehead atoms. The largest absolute Gasteiger partial charge is 0.309 e. The normalized spacial score (nSPS) is 11.6. The molecule has 2 nitrogen and oxygen atoms in total. The van der Waals surface area contributed by atoms with Gasteiger partial charge in [-0.3, -0.25) is 0 Å². The van der Waals surface area contributed by atoms with Crippen molar-refractivity contribution in [3.63, 3.8) is 0 Å². The molecular formula is C48H32N2. The summed E-state index contributed by atoms with van der Waals surface area (Å²) < 4.78 is 4.85. The monoisotopic (exact) mass is 636 g/mol. The van der Waals surface area contributed by atoms with Gasteiger partial charge in [0, 0.05) is 32.8 Å². The van der Waals surface area contributed by atoms with Gasteiger partial charge in [0.1, 0.15) is 0 Å². The van der Waals surface area contributed by atoms with Crippen molar-refractivity contribution in [3.05, 3.63) is 194 Å². The van der Waals surface area contributed by atoms with Crippen LogP contribution >= 0.6 is 0 Å². The number of benzene rings is 8. The molecule has 0 aliphatic rings. The number of hydrogen-bond donors (Lipinski definition) is 0. The Bertz CT molecular complexity index is 2860. The molecule has 10 rings (SSSR count). The molecule has 234 valence electrons. The van der Waals surface area contributed by atoms with Crippen LogP contribution in [0.4, 0.5) is 0 Å². The van der Waals surface area contributed by atoms with Crippen LogP contribution in [0, 0.1) is 0 Å². The Morgan fingerprint density at radius 2 is 0.740 bits per heavy atom. The Balaban J connectivity index is 1.19. The summed E-state index contributed by atoms with van der Waals surface area (Å²) in [5.74, 6) is 0. The highest BCUT2D eigenvalue weighted by Crippen LogP contribution is 2.40. The molecule has 0 aliphatic heterocycles. The number of hydrogen-bond acceptors (Lipinski definition) is 0. The number of aromatic nitrogens is 2. The second kappa shape index (κ2) is 11.5. The van der Waals surface area contributed by atoms with E-state index >= 15 is 0 Å². The second-order valence-corrected chi connectivity index (χ2v) is 13.0. The average molecular weight is 637 g/mol. The summed E-state index contributed by atoms with van der Waals surface area (Å²) in [6.45, 7) is 0. The van der Waals surface area contributed by atoms with E-state index in [-0.39, 0.29) is 0 Å². The minimum absolute atomic E-state index is 1.17. The van der Waals surface area contributed by atoms with Gasteiger partial charge < -0.3 is 9.13 Å². The molecule has 0 saturated carbocycles. The molecule has 2 heteroatoms. The van der Waals surface area contributed by atoms with Crippen molar-refractivity contribution >= 4 is 43.6 Å². The number of nitrogens with zero attached hydrogens (tertiary/aromatic N) is 2. The lowest BCUT2D eigenvalue weighted by Gasteiger charge is -2.15. The zero-order chi connectivity index (χ0) is 33.0. The predicted octanol–water partition coefficient (Wildman–Crippen LogP) is 12.9. The lowest BCUT2D eigenvalue weighted by Crippen LogP contribution is -1.97. The average Bonchev–Trinajstić information content (AvgIpc) is 3.70. The minimum Gasteiger partial charge on any atom is -0.309 e. The molecule has 2 aromatic heterocycles. The molecule has 0 aliphatic carbocycles. The van der Waals surface area contributed by atoms with Crippen molar-refractivity contribution in [1.29, 1.82) is 0 Å². The number of fused-ring (bicyclic) bond motifs is 6. The van der Waals surface area contributed by atoms with Gasteiger partial charge in [0.2, 0.25) is 0 Å². The highest BCUT2D eigenvalue weighted by Gasteiger charge is 2.18. The Morgan fingerprint density at radius 1 is 0.260 bits per heavy atom. The van der Waals surface area contributed by atoms with Crippen LogP contribution in [0.25, 0.3) is 88.4 Å². The summed E-state index contributed by atoms with van der Waals surface area (Å²) >= 11 is 0. The van der Waals surface area contributed by atoms with Crippen LogP contribution in [0.5, 0.6) is 0 Å². The van der Waals surface area contributed by atoms with Gasteiger partial charge in [0.05, 0.1) is 27.8 Å². The third-order valence-corrected chi connectivity index (χ3v) is 10.1. The van der Waals surface area contributed by atoms with Crippen molar-refractivity contribution in [2.45, 2.75) is 0 Å². The van der Waals surface area contributed by atoms with E-state index in [1.165, 1.54) is 88.4 Å². The molecule has 50 heavy (non-hydrogen) atoms. The standard InChI is InChI=1S/C48H32N2/c1-3-14-33(15-4-1)34-16-13-17-37(30-34)39-20-7-10-23-44(39)50-46-25-12-9-22-41(46)43-29-27-36(32-48(43)50)35-26-28-42-40-21-8-11-24-45(40)49(47(42)31-35)38-18-5-2-6-19-38/h1-32H. The van der Waals surface area contributed by atoms with Crippen molar-refractivity contribution < 1.29 is 0 Å². The number of rotatable bonds is 5. The topological polar surface area (TPSA) is 9.86 Å². The van der Waals surface area contributed by atoms with Gasteiger partial charge in [-0.1, -0.05) is 146 Å². The zero-order valence-corrected chi connectivity index (χ0v) is 27.4. The van der Waals surface area contributed by atoms with Crippen LogP contribution in [0.3, 0.4) is 0 Å². The van der Waals surface area contributed by atoms with Gasteiger partial charge in [0.15, 0.2) is 0 Å². The van der Waals surface area contributed by atoms with Crippen LogP contribution in [0.1, 0.15) is 0 Å². The third-order valence-electron chi connectivity index (χ3n) is 10.1. The summed E-state index contributed by atoms with van der Waals surface area (Å²) in [5, 5.41) is 5.02. The van der Waals surface area contributed by atoms with Crippen molar-refractivity contribution in [1.82, 2.24) is 9.13 Å². The van der Waals surface area contributed by atoms with Crippen LogP contribution < -0.4 is 0 Å². The molecule has 0 N–H and O–H groups in total. The van der Waals surface area contributed by atoms with Gasteiger partial charge in [-0.05, 0) is 76.3 Å². The zero-order valence-electron chi connectivity index (χ0n) is 27.4. The maximum absolute atomic E-state index is 2.46. The molecule has 0 radical (unpaired) electrons. The highest BCUT2D eigenvalue weighted by molar-refractivity contribution is 6.12. The quantitative estimate of drug-likeness (QED) is 0.178. The van der Waals surface area contributed by atoms with Crippen molar-refractivity contribution in [3.8, 4) is 44.8 Å². The molecule has 0 atom stereocenters. The van der Waals surface area contributed by atoms with E-state index in [0.29, 0.717) is 0 Å². The molecule has 0 spiro atoms. The fraction of sp³-hybridized carbons (Fsp3) is 0. The molecule has 0 saturated heterocycles. The highest BCUT2D eigenvalue weighted by atomic mass is 15.0. The van der Waals surface area contributed by atoms with E-state index in [2.05, 4.69) is 203 Å². The maximum atomic E-state index is 2.46. The summed E-state index contributed by atoms with van der Waals surface area (Å²) in [4.78, 5) is 0. The second-order valence-electron chi connectivity index (χ2n) is 13.0. The van der Waals surface area contributed by atoms with Gasteiger partial charge >= 0.3 is 0 Å². The van der Waals surface area contributed by atoms with Crippen molar-refractivity contribution in [2.75, 3.05) is 0 Å². The van der Waals surface area contributed by atoms with E-state index < -0.39 is 0 Å². The summed E-state index contributed by atoms with van der Waals surface area (Å²) in [6.07, 6.45) is 0. The molecule has 8 aromatic carbocycles. The first kappa shape index (κ1) is 28.4.